The maximum atomic E-state index is 14.0. The molecule has 0 radical (unpaired) electrons. The third-order valence-electron chi connectivity index (χ3n) is 4.76. The molecule has 0 saturated heterocycles. The van der Waals surface area contributed by atoms with Crippen LogP contribution < -0.4 is 5.73 Å². The van der Waals surface area contributed by atoms with Gasteiger partial charge in [0.15, 0.2) is 5.78 Å². The SMILES string of the molecule is Nc1ncnc2c1c(C#Cc1cc(F)cc(C(=O)CC3CC3)c1)cn2CC(F)(F)F. The van der Waals surface area contributed by atoms with Crippen molar-refractivity contribution in [1.29, 1.82) is 0 Å². The number of alkyl halides is 3. The molecule has 1 aliphatic rings. The molecule has 0 spiro atoms. The lowest BCUT2D eigenvalue weighted by atomic mass is 10.0. The predicted octanol–water partition coefficient (Wildman–Crippen LogP) is 4.10. The zero-order valence-corrected chi connectivity index (χ0v) is 15.6. The highest BCUT2D eigenvalue weighted by molar-refractivity contribution is 5.97. The third kappa shape index (κ3) is 4.43. The van der Waals surface area contributed by atoms with Gasteiger partial charge in [-0.1, -0.05) is 11.8 Å². The van der Waals surface area contributed by atoms with Crippen LogP contribution in [0.25, 0.3) is 11.0 Å². The van der Waals surface area contributed by atoms with Crippen molar-refractivity contribution >= 4 is 22.6 Å². The van der Waals surface area contributed by atoms with Crippen molar-refractivity contribution in [1.82, 2.24) is 14.5 Å². The molecule has 1 aliphatic carbocycles. The topological polar surface area (TPSA) is 73.8 Å². The number of halogens is 4. The highest BCUT2D eigenvalue weighted by atomic mass is 19.4. The summed E-state index contributed by atoms with van der Waals surface area (Å²) >= 11 is 0. The standard InChI is InChI=1S/C21H16F4N4O/c22-16-6-13(5-15(8-16)17(30)7-12-1-2-12)3-4-14-9-29(10-21(23,24)25)20-18(14)19(26)27-11-28-20/h5-6,8-9,11-12H,1-2,7,10H2,(H2,26,27,28). The number of carbonyl (C=O) groups excluding carboxylic acids is 1. The first-order chi connectivity index (χ1) is 14.2. The van der Waals surface area contributed by atoms with E-state index < -0.39 is 18.5 Å². The number of hydrogen-bond acceptors (Lipinski definition) is 4. The van der Waals surface area contributed by atoms with Crippen molar-refractivity contribution in [2.75, 3.05) is 5.73 Å². The Morgan fingerprint density at radius 1 is 1.20 bits per heavy atom. The smallest absolute Gasteiger partial charge is 0.383 e. The molecule has 3 aromatic rings. The first-order valence-electron chi connectivity index (χ1n) is 9.21. The molecule has 2 N–H and O–H groups in total. The molecular weight excluding hydrogens is 400 g/mol. The van der Waals surface area contributed by atoms with Crippen LogP contribution in [0.4, 0.5) is 23.4 Å². The second-order valence-corrected chi connectivity index (χ2v) is 7.29. The molecule has 30 heavy (non-hydrogen) atoms. The molecule has 1 fully saturated rings. The van der Waals surface area contributed by atoms with Crippen molar-refractivity contribution in [2.45, 2.75) is 32.0 Å². The fourth-order valence-corrected chi connectivity index (χ4v) is 3.22. The third-order valence-corrected chi connectivity index (χ3v) is 4.76. The number of fused-ring (bicyclic) bond motifs is 1. The lowest BCUT2D eigenvalue weighted by Gasteiger charge is -2.07. The van der Waals surface area contributed by atoms with Gasteiger partial charge in [-0.3, -0.25) is 4.79 Å². The Kier molecular flexibility index (Phi) is 4.94. The number of nitrogen functional groups attached to an aromatic ring is 1. The van der Waals surface area contributed by atoms with Crippen molar-refractivity contribution in [3.63, 3.8) is 0 Å². The second-order valence-electron chi connectivity index (χ2n) is 7.29. The van der Waals surface area contributed by atoms with Crippen molar-refractivity contribution < 1.29 is 22.4 Å². The van der Waals surface area contributed by atoms with Gasteiger partial charge in [0.1, 0.15) is 30.2 Å². The maximum Gasteiger partial charge on any atom is 0.406 e. The van der Waals surface area contributed by atoms with Gasteiger partial charge in [-0.15, -0.1) is 0 Å². The maximum absolute atomic E-state index is 14.0. The van der Waals surface area contributed by atoms with E-state index in [1.54, 1.807) is 0 Å². The Bertz CT molecular complexity index is 1200. The minimum absolute atomic E-state index is 0.00340. The molecule has 0 unspecified atom stereocenters. The van der Waals surface area contributed by atoms with Crippen LogP contribution in [-0.2, 0) is 6.54 Å². The molecule has 9 heteroatoms. The molecule has 1 saturated carbocycles. The fourth-order valence-electron chi connectivity index (χ4n) is 3.22. The highest BCUT2D eigenvalue weighted by Crippen LogP contribution is 2.33. The number of benzene rings is 1. The van der Waals surface area contributed by atoms with Crippen LogP contribution in [0.15, 0.2) is 30.7 Å². The van der Waals surface area contributed by atoms with Gasteiger partial charge >= 0.3 is 6.18 Å². The van der Waals surface area contributed by atoms with Crippen LogP contribution in [0.2, 0.25) is 0 Å². The van der Waals surface area contributed by atoms with Crippen LogP contribution in [0, 0.1) is 23.6 Å². The summed E-state index contributed by atoms with van der Waals surface area (Å²) in [4.78, 5) is 20.0. The molecule has 154 valence electrons. The number of aromatic nitrogens is 3. The van der Waals surface area contributed by atoms with Crippen molar-refractivity contribution in [3.05, 3.63) is 53.2 Å². The molecule has 0 amide bonds. The lowest BCUT2D eigenvalue weighted by molar-refractivity contribution is -0.139. The average Bonchev–Trinajstić information content (AvgIpc) is 3.40. The minimum atomic E-state index is -4.46. The van der Waals surface area contributed by atoms with Gasteiger partial charge in [0, 0.05) is 23.7 Å². The van der Waals surface area contributed by atoms with E-state index in [1.807, 2.05) is 0 Å². The van der Waals surface area contributed by atoms with Gasteiger partial charge in [-0.2, -0.15) is 13.2 Å². The monoisotopic (exact) mass is 416 g/mol. The van der Waals surface area contributed by atoms with Crippen LogP contribution in [-0.4, -0.2) is 26.5 Å². The van der Waals surface area contributed by atoms with Crippen LogP contribution >= 0.6 is 0 Å². The number of ketones is 1. The van der Waals surface area contributed by atoms with Gasteiger partial charge in [-0.25, -0.2) is 14.4 Å². The summed E-state index contributed by atoms with van der Waals surface area (Å²) in [7, 11) is 0. The summed E-state index contributed by atoms with van der Waals surface area (Å²) in [5.41, 5.74) is 6.48. The zero-order chi connectivity index (χ0) is 21.5. The normalized spacial score (nSPS) is 13.9. The molecule has 4 rings (SSSR count). The van der Waals surface area contributed by atoms with E-state index in [0.717, 1.165) is 35.9 Å². The molecule has 0 aliphatic heterocycles. The number of carbonyl (C=O) groups is 1. The largest absolute Gasteiger partial charge is 0.406 e. The molecule has 0 atom stereocenters. The Morgan fingerprint density at radius 3 is 2.67 bits per heavy atom. The van der Waals surface area contributed by atoms with E-state index in [9.17, 15) is 22.4 Å². The van der Waals surface area contributed by atoms with E-state index in [1.165, 1.54) is 12.3 Å². The summed E-state index contributed by atoms with van der Waals surface area (Å²) in [5, 5.41) is 0.190. The number of hydrogen-bond donors (Lipinski definition) is 1. The zero-order valence-electron chi connectivity index (χ0n) is 15.6. The minimum Gasteiger partial charge on any atom is -0.383 e. The summed E-state index contributed by atoms with van der Waals surface area (Å²) in [6, 6.07) is 3.81. The molecular formula is C21H16F4N4O. The van der Waals surface area contributed by atoms with Gasteiger partial charge in [-0.05, 0) is 37.0 Å². The van der Waals surface area contributed by atoms with Crippen molar-refractivity contribution in [3.8, 4) is 11.8 Å². The molecule has 1 aromatic carbocycles. The first kappa shape index (κ1) is 19.9. The number of nitrogens with two attached hydrogens (primary N) is 1. The van der Waals surface area contributed by atoms with Gasteiger partial charge in [0.05, 0.1) is 10.9 Å². The van der Waals surface area contributed by atoms with Gasteiger partial charge in [0.25, 0.3) is 0 Å². The molecule has 2 heterocycles. The predicted molar refractivity (Wildman–Crippen MR) is 102 cm³/mol. The second kappa shape index (κ2) is 7.44. The van der Waals surface area contributed by atoms with Crippen molar-refractivity contribution in [2.24, 2.45) is 5.92 Å². The average molecular weight is 416 g/mol. The highest BCUT2D eigenvalue weighted by Gasteiger charge is 2.29. The Hall–Kier alpha value is -3.41. The first-order valence-corrected chi connectivity index (χ1v) is 9.21. The van der Waals surface area contributed by atoms with E-state index in [0.29, 0.717) is 12.3 Å². The van der Waals surface area contributed by atoms with Crippen LogP contribution in [0.1, 0.15) is 40.7 Å². The van der Waals surface area contributed by atoms with E-state index >= 15 is 0 Å². The van der Waals surface area contributed by atoms with Gasteiger partial charge in [0.2, 0.25) is 0 Å². The number of nitrogens with zero attached hydrogens (tertiary/aromatic N) is 3. The van der Waals surface area contributed by atoms with E-state index in [4.69, 9.17) is 5.73 Å². The fraction of sp³-hybridized carbons (Fsp3) is 0.286. The summed E-state index contributed by atoms with van der Waals surface area (Å²) in [5.74, 6) is 5.02. The summed E-state index contributed by atoms with van der Waals surface area (Å²) in [6.45, 7) is -1.26. The molecule has 0 bridgehead atoms. The van der Waals surface area contributed by atoms with E-state index in [-0.39, 0.29) is 39.3 Å². The molecule has 5 nitrogen and oxygen atoms in total. The Labute approximate surface area is 168 Å². The van der Waals surface area contributed by atoms with Crippen LogP contribution in [0.3, 0.4) is 0 Å². The van der Waals surface area contributed by atoms with E-state index in [2.05, 4.69) is 21.8 Å². The lowest BCUT2D eigenvalue weighted by Crippen LogP contribution is -2.17. The summed E-state index contributed by atoms with van der Waals surface area (Å²) < 4.78 is 53.5. The summed E-state index contributed by atoms with van der Waals surface area (Å²) in [6.07, 6.45) is 0.171. The number of anilines is 1. The Morgan fingerprint density at radius 2 is 1.97 bits per heavy atom. The van der Waals surface area contributed by atoms with Crippen LogP contribution in [0.5, 0.6) is 0 Å². The molecule has 2 aromatic heterocycles. The van der Waals surface area contributed by atoms with Gasteiger partial charge < -0.3 is 10.3 Å². The number of rotatable bonds is 4. The quantitative estimate of drug-likeness (QED) is 0.395. The Balaban J connectivity index is 1.72. The number of Topliss-reactive ketones (excluding diaryl/α,β-unsaturated/α-hetero) is 1.